The molecule has 0 spiro atoms. The Morgan fingerprint density at radius 3 is 2.32 bits per heavy atom. The Bertz CT molecular complexity index is 1130. The largest absolute Gasteiger partial charge is 0.483 e. The maximum Gasteiger partial charge on any atom is 0.221 e. The molecule has 0 saturated carbocycles. The molecular formula is C25H26N2O4. The van der Waals surface area contributed by atoms with Gasteiger partial charge in [-0.25, -0.2) is 0 Å². The van der Waals surface area contributed by atoms with Crippen molar-refractivity contribution in [2.75, 3.05) is 11.9 Å². The summed E-state index contributed by atoms with van der Waals surface area (Å²) in [6, 6.07) is 16.7. The summed E-state index contributed by atoms with van der Waals surface area (Å²) in [6.07, 6.45) is 0. The van der Waals surface area contributed by atoms with Gasteiger partial charge in [-0.15, -0.1) is 0 Å². The van der Waals surface area contributed by atoms with Gasteiger partial charge >= 0.3 is 0 Å². The van der Waals surface area contributed by atoms with Crippen LogP contribution in [0.15, 0.2) is 54.6 Å². The summed E-state index contributed by atoms with van der Waals surface area (Å²) >= 11 is 0. The molecule has 1 aromatic heterocycles. The predicted molar refractivity (Wildman–Crippen MR) is 120 cm³/mol. The highest BCUT2D eigenvalue weighted by Crippen LogP contribution is 2.27. The molecule has 0 aliphatic rings. The van der Waals surface area contributed by atoms with Crippen molar-refractivity contribution in [3.63, 3.8) is 0 Å². The lowest BCUT2D eigenvalue weighted by atomic mass is 10.1. The summed E-state index contributed by atoms with van der Waals surface area (Å²) < 4.78 is 7.84. The lowest BCUT2D eigenvalue weighted by Crippen LogP contribution is -2.15. The summed E-state index contributed by atoms with van der Waals surface area (Å²) in [5.41, 5.74) is 4.46. The molecule has 0 fully saturated rings. The SMILES string of the molecule is CC(=O)Nc1ccc(C(C)=O)cc1OCC(=O)c1cc(C)n(Cc2ccccc2)c1C. The molecule has 3 rings (SSSR count). The number of amides is 1. The quantitative estimate of drug-likeness (QED) is 0.544. The minimum atomic E-state index is -0.267. The fourth-order valence-electron chi connectivity index (χ4n) is 3.47. The molecule has 0 bridgehead atoms. The number of benzene rings is 2. The molecule has 1 heterocycles. The molecular weight excluding hydrogens is 392 g/mol. The summed E-state index contributed by atoms with van der Waals surface area (Å²) in [5.74, 6) is -0.282. The number of carbonyl (C=O) groups is 3. The van der Waals surface area contributed by atoms with Crippen molar-refractivity contribution < 1.29 is 19.1 Å². The molecule has 0 saturated heterocycles. The van der Waals surface area contributed by atoms with E-state index < -0.39 is 0 Å². The van der Waals surface area contributed by atoms with Gasteiger partial charge in [0.25, 0.3) is 0 Å². The van der Waals surface area contributed by atoms with Crippen LogP contribution in [0.1, 0.15) is 51.5 Å². The molecule has 0 radical (unpaired) electrons. The third kappa shape index (κ3) is 5.28. The smallest absolute Gasteiger partial charge is 0.221 e. The Balaban J connectivity index is 1.80. The monoisotopic (exact) mass is 418 g/mol. The van der Waals surface area contributed by atoms with Gasteiger partial charge in [0.2, 0.25) is 11.7 Å². The third-order valence-electron chi connectivity index (χ3n) is 5.12. The van der Waals surface area contributed by atoms with Crippen LogP contribution in [0.5, 0.6) is 5.75 Å². The number of anilines is 1. The fraction of sp³-hybridized carbons (Fsp3) is 0.240. The van der Waals surface area contributed by atoms with Crippen LogP contribution >= 0.6 is 0 Å². The average molecular weight is 418 g/mol. The van der Waals surface area contributed by atoms with E-state index in [-0.39, 0.29) is 29.8 Å². The van der Waals surface area contributed by atoms with Crippen LogP contribution in [0.4, 0.5) is 5.69 Å². The zero-order valence-corrected chi connectivity index (χ0v) is 18.2. The molecule has 0 aliphatic carbocycles. The van der Waals surface area contributed by atoms with Crippen molar-refractivity contribution in [3.8, 4) is 5.75 Å². The second kappa shape index (κ2) is 9.43. The van der Waals surface area contributed by atoms with E-state index in [0.717, 1.165) is 17.0 Å². The van der Waals surface area contributed by atoms with Gasteiger partial charge in [0.1, 0.15) is 5.75 Å². The van der Waals surface area contributed by atoms with E-state index in [0.29, 0.717) is 23.4 Å². The van der Waals surface area contributed by atoms with Gasteiger partial charge in [0.05, 0.1) is 5.69 Å². The second-order valence-corrected chi connectivity index (χ2v) is 7.52. The first-order valence-corrected chi connectivity index (χ1v) is 10.1. The number of aryl methyl sites for hydroxylation is 1. The van der Waals surface area contributed by atoms with E-state index in [1.54, 1.807) is 18.2 Å². The van der Waals surface area contributed by atoms with Gasteiger partial charge in [-0.05, 0) is 50.6 Å². The third-order valence-corrected chi connectivity index (χ3v) is 5.12. The van der Waals surface area contributed by atoms with Crippen molar-refractivity contribution in [2.24, 2.45) is 0 Å². The number of carbonyl (C=O) groups excluding carboxylic acids is 3. The van der Waals surface area contributed by atoms with Crippen LogP contribution in [0.3, 0.4) is 0 Å². The van der Waals surface area contributed by atoms with Crippen LogP contribution in [0, 0.1) is 13.8 Å². The minimum absolute atomic E-state index is 0.130. The van der Waals surface area contributed by atoms with Gasteiger partial charge in [-0.1, -0.05) is 30.3 Å². The number of ether oxygens (including phenoxy) is 1. The van der Waals surface area contributed by atoms with E-state index in [9.17, 15) is 14.4 Å². The number of Topliss-reactive ketones (excluding diaryl/α,β-unsaturated/α-hetero) is 2. The standard InChI is InChI=1S/C25H26N2O4/c1-16-12-22(17(2)27(16)14-20-8-6-5-7-9-20)24(30)15-31-25-13-21(18(3)28)10-11-23(25)26-19(4)29/h5-13H,14-15H2,1-4H3,(H,26,29). The molecule has 6 heteroatoms. The minimum Gasteiger partial charge on any atom is -0.483 e. The van der Waals surface area contributed by atoms with Crippen molar-refractivity contribution in [1.29, 1.82) is 0 Å². The van der Waals surface area contributed by atoms with Crippen molar-refractivity contribution in [3.05, 3.63) is 82.7 Å². The highest BCUT2D eigenvalue weighted by molar-refractivity contribution is 5.99. The van der Waals surface area contributed by atoms with E-state index in [1.807, 2.05) is 38.1 Å². The maximum atomic E-state index is 12.9. The molecule has 0 aliphatic heterocycles. The summed E-state index contributed by atoms with van der Waals surface area (Å²) in [4.78, 5) is 36.1. The molecule has 160 valence electrons. The van der Waals surface area contributed by atoms with E-state index in [4.69, 9.17) is 4.74 Å². The Morgan fingerprint density at radius 2 is 1.68 bits per heavy atom. The van der Waals surface area contributed by atoms with E-state index >= 15 is 0 Å². The van der Waals surface area contributed by atoms with Gasteiger partial charge in [-0.3, -0.25) is 14.4 Å². The fourth-order valence-corrected chi connectivity index (χ4v) is 3.47. The predicted octanol–water partition coefficient (Wildman–Crippen LogP) is 4.58. The Kier molecular flexibility index (Phi) is 6.70. The average Bonchev–Trinajstić information content (AvgIpc) is 3.01. The first kappa shape index (κ1) is 22.0. The summed E-state index contributed by atoms with van der Waals surface area (Å²) in [7, 11) is 0. The van der Waals surface area contributed by atoms with Gasteiger partial charge in [0.15, 0.2) is 12.4 Å². The number of rotatable bonds is 8. The second-order valence-electron chi connectivity index (χ2n) is 7.52. The number of ketones is 2. The normalized spacial score (nSPS) is 10.6. The van der Waals surface area contributed by atoms with Crippen LogP contribution in [-0.2, 0) is 11.3 Å². The molecule has 0 atom stereocenters. The molecule has 0 unspecified atom stereocenters. The molecule has 1 N–H and O–H groups in total. The summed E-state index contributed by atoms with van der Waals surface area (Å²) in [6.45, 7) is 7.20. The number of hydrogen-bond donors (Lipinski definition) is 1. The van der Waals surface area contributed by atoms with E-state index in [2.05, 4.69) is 22.0 Å². The Morgan fingerprint density at radius 1 is 0.968 bits per heavy atom. The Labute approximate surface area is 181 Å². The zero-order chi connectivity index (χ0) is 22.5. The Hall–Kier alpha value is -3.67. The maximum absolute atomic E-state index is 12.9. The highest BCUT2D eigenvalue weighted by Gasteiger charge is 2.18. The molecule has 1 amide bonds. The molecule has 6 nitrogen and oxygen atoms in total. The molecule has 2 aromatic carbocycles. The van der Waals surface area contributed by atoms with Crippen LogP contribution in [-0.4, -0.2) is 28.6 Å². The van der Waals surface area contributed by atoms with E-state index in [1.165, 1.54) is 13.8 Å². The lowest BCUT2D eigenvalue weighted by molar-refractivity contribution is -0.114. The van der Waals surface area contributed by atoms with Crippen molar-refractivity contribution in [2.45, 2.75) is 34.2 Å². The molecule has 31 heavy (non-hydrogen) atoms. The van der Waals surface area contributed by atoms with Gasteiger partial charge < -0.3 is 14.6 Å². The van der Waals surface area contributed by atoms with Crippen LogP contribution < -0.4 is 10.1 Å². The highest BCUT2D eigenvalue weighted by atomic mass is 16.5. The first-order chi connectivity index (χ1) is 14.8. The molecule has 3 aromatic rings. The number of aromatic nitrogens is 1. The van der Waals surface area contributed by atoms with Crippen LogP contribution in [0.25, 0.3) is 0 Å². The number of nitrogens with zero attached hydrogens (tertiary/aromatic N) is 1. The van der Waals surface area contributed by atoms with Crippen molar-refractivity contribution in [1.82, 2.24) is 4.57 Å². The van der Waals surface area contributed by atoms with Crippen LogP contribution in [0.2, 0.25) is 0 Å². The topological polar surface area (TPSA) is 77.4 Å². The summed E-state index contributed by atoms with van der Waals surface area (Å²) in [5, 5.41) is 2.66. The lowest BCUT2D eigenvalue weighted by Gasteiger charge is -2.13. The number of hydrogen-bond acceptors (Lipinski definition) is 4. The first-order valence-electron chi connectivity index (χ1n) is 10.1. The number of nitrogens with one attached hydrogen (secondary N) is 1. The van der Waals surface area contributed by atoms with Gasteiger partial charge in [0, 0.05) is 36.0 Å². The van der Waals surface area contributed by atoms with Gasteiger partial charge in [-0.2, -0.15) is 0 Å². The zero-order valence-electron chi connectivity index (χ0n) is 18.2. The van der Waals surface area contributed by atoms with Crippen molar-refractivity contribution >= 4 is 23.2 Å².